The summed E-state index contributed by atoms with van der Waals surface area (Å²) in [6.07, 6.45) is 31.8. The lowest BCUT2D eigenvalue weighted by Crippen LogP contribution is -2.34. The standard InChI is InChI=1S/C36H72N2O4/c1-3-5-7-9-11-13-15-17-19-21-23-25-33-41-35(39)27-30-38(32-29-37)31-28-36(40)42-34-26-24-22-20-18-16-14-12-10-8-6-4-2/h3-34,37H2,1-2H3. The molecule has 42 heavy (non-hydrogen) atoms. The quantitative estimate of drug-likeness (QED) is 0.0588. The van der Waals surface area contributed by atoms with Gasteiger partial charge in [0.1, 0.15) is 0 Å². The van der Waals surface area contributed by atoms with Gasteiger partial charge < -0.3 is 20.1 Å². The van der Waals surface area contributed by atoms with Crippen LogP contribution in [0.25, 0.3) is 0 Å². The molecule has 2 N–H and O–H groups in total. The van der Waals surface area contributed by atoms with Crippen LogP contribution >= 0.6 is 0 Å². The Morgan fingerprint density at radius 2 is 0.738 bits per heavy atom. The number of carbonyl (C=O) groups excluding carboxylic acids is 2. The highest BCUT2D eigenvalue weighted by atomic mass is 16.5. The molecule has 0 saturated heterocycles. The van der Waals surface area contributed by atoms with Crippen molar-refractivity contribution in [3.8, 4) is 0 Å². The van der Waals surface area contributed by atoms with Gasteiger partial charge in [-0.25, -0.2) is 0 Å². The summed E-state index contributed by atoms with van der Waals surface area (Å²) in [7, 11) is 0. The highest BCUT2D eigenvalue weighted by molar-refractivity contribution is 5.70. The second-order valence-corrected chi connectivity index (χ2v) is 12.3. The fourth-order valence-electron chi connectivity index (χ4n) is 5.42. The molecule has 0 aromatic rings. The molecule has 0 spiro atoms. The summed E-state index contributed by atoms with van der Waals surface area (Å²) < 4.78 is 10.9. The lowest BCUT2D eigenvalue weighted by molar-refractivity contribution is -0.144. The normalized spacial score (nSPS) is 11.3. The first-order chi connectivity index (χ1) is 20.6. The number of ether oxygens (including phenoxy) is 2. The highest BCUT2D eigenvalue weighted by Gasteiger charge is 2.12. The molecule has 6 nitrogen and oxygen atoms in total. The van der Waals surface area contributed by atoms with Crippen molar-refractivity contribution < 1.29 is 19.1 Å². The number of esters is 2. The van der Waals surface area contributed by atoms with Crippen LogP contribution in [0, 0.1) is 0 Å². The first-order valence-electron chi connectivity index (χ1n) is 18.4. The molecule has 0 unspecified atom stereocenters. The van der Waals surface area contributed by atoms with E-state index in [1.165, 1.54) is 128 Å². The van der Waals surface area contributed by atoms with E-state index in [-0.39, 0.29) is 11.9 Å². The highest BCUT2D eigenvalue weighted by Crippen LogP contribution is 2.13. The molecular weight excluding hydrogens is 524 g/mol. The van der Waals surface area contributed by atoms with Crippen LogP contribution in [0.3, 0.4) is 0 Å². The Bertz CT molecular complexity index is 527. The molecule has 0 aromatic heterocycles. The number of rotatable bonds is 34. The van der Waals surface area contributed by atoms with Crippen molar-refractivity contribution in [1.82, 2.24) is 4.90 Å². The molecule has 0 atom stereocenters. The molecule has 0 saturated carbocycles. The molecule has 0 aromatic carbocycles. The zero-order valence-electron chi connectivity index (χ0n) is 28.3. The van der Waals surface area contributed by atoms with E-state index in [9.17, 15) is 9.59 Å². The molecule has 6 heteroatoms. The summed E-state index contributed by atoms with van der Waals surface area (Å²) in [4.78, 5) is 26.4. The zero-order chi connectivity index (χ0) is 30.8. The van der Waals surface area contributed by atoms with Crippen molar-refractivity contribution in [2.45, 2.75) is 181 Å². The summed E-state index contributed by atoms with van der Waals surface area (Å²) in [5, 5.41) is 0. The minimum absolute atomic E-state index is 0.158. The Morgan fingerprint density at radius 1 is 0.452 bits per heavy atom. The third-order valence-corrected chi connectivity index (χ3v) is 8.23. The second-order valence-electron chi connectivity index (χ2n) is 12.3. The number of nitrogens with two attached hydrogens (primary N) is 1. The number of hydrogen-bond acceptors (Lipinski definition) is 6. The van der Waals surface area contributed by atoms with Gasteiger partial charge in [-0.2, -0.15) is 0 Å². The van der Waals surface area contributed by atoms with E-state index in [4.69, 9.17) is 15.2 Å². The summed E-state index contributed by atoms with van der Waals surface area (Å²) in [6, 6.07) is 0. The van der Waals surface area contributed by atoms with Crippen molar-refractivity contribution >= 4 is 11.9 Å². The van der Waals surface area contributed by atoms with Crippen molar-refractivity contribution in [3.63, 3.8) is 0 Å². The van der Waals surface area contributed by atoms with Gasteiger partial charge in [-0.1, -0.05) is 155 Å². The third-order valence-electron chi connectivity index (χ3n) is 8.23. The summed E-state index contributed by atoms with van der Waals surface area (Å²) in [5.41, 5.74) is 5.75. The predicted molar refractivity (Wildman–Crippen MR) is 179 cm³/mol. The van der Waals surface area contributed by atoms with Crippen molar-refractivity contribution in [1.29, 1.82) is 0 Å². The van der Waals surface area contributed by atoms with Crippen LogP contribution < -0.4 is 5.73 Å². The second kappa shape index (κ2) is 34.4. The van der Waals surface area contributed by atoms with Gasteiger partial charge >= 0.3 is 11.9 Å². The summed E-state index contributed by atoms with van der Waals surface area (Å²) in [6.45, 7) is 7.86. The summed E-state index contributed by atoms with van der Waals surface area (Å²) >= 11 is 0. The van der Waals surface area contributed by atoms with Gasteiger partial charge in [0.25, 0.3) is 0 Å². The van der Waals surface area contributed by atoms with Crippen LogP contribution in [-0.4, -0.2) is 56.2 Å². The van der Waals surface area contributed by atoms with Gasteiger partial charge in [0.2, 0.25) is 0 Å². The van der Waals surface area contributed by atoms with E-state index in [1.807, 2.05) is 0 Å². The van der Waals surface area contributed by atoms with E-state index in [2.05, 4.69) is 18.7 Å². The van der Waals surface area contributed by atoms with Crippen molar-refractivity contribution in [3.05, 3.63) is 0 Å². The summed E-state index contributed by atoms with van der Waals surface area (Å²) in [5.74, 6) is -0.315. The molecule has 0 aliphatic carbocycles. The Morgan fingerprint density at radius 3 is 1.02 bits per heavy atom. The van der Waals surface area contributed by atoms with Gasteiger partial charge in [-0.05, 0) is 12.8 Å². The molecule has 0 aliphatic rings. The van der Waals surface area contributed by atoms with Crippen LogP contribution in [0.4, 0.5) is 0 Å². The fourth-order valence-corrected chi connectivity index (χ4v) is 5.42. The van der Waals surface area contributed by atoms with Crippen LogP contribution in [0.2, 0.25) is 0 Å². The molecule has 0 heterocycles. The Hall–Kier alpha value is -1.14. The van der Waals surface area contributed by atoms with Crippen LogP contribution in [0.1, 0.15) is 181 Å². The van der Waals surface area contributed by atoms with E-state index in [1.54, 1.807) is 0 Å². The Balaban J connectivity index is 3.62. The average Bonchev–Trinajstić information content (AvgIpc) is 2.99. The van der Waals surface area contributed by atoms with Crippen LogP contribution in [-0.2, 0) is 19.1 Å². The van der Waals surface area contributed by atoms with E-state index < -0.39 is 0 Å². The molecule has 0 bridgehead atoms. The van der Waals surface area contributed by atoms with Gasteiger partial charge in [0.05, 0.1) is 26.1 Å². The topological polar surface area (TPSA) is 81.9 Å². The van der Waals surface area contributed by atoms with E-state index >= 15 is 0 Å². The molecule has 0 rings (SSSR count). The number of unbranched alkanes of at least 4 members (excludes halogenated alkanes) is 22. The monoisotopic (exact) mass is 597 g/mol. The minimum Gasteiger partial charge on any atom is -0.466 e. The number of carbonyl (C=O) groups is 2. The first kappa shape index (κ1) is 40.9. The maximum atomic E-state index is 12.2. The molecule has 250 valence electrons. The van der Waals surface area contributed by atoms with Gasteiger partial charge in [0, 0.05) is 26.2 Å². The Kier molecular flexibility index (Phi) is 33.4. The third kappa shape index (κ3) is 31.8. The lowest BCUT2D eigenvalue weighted by Gasteiger charge is -2.20. The number of hydrogen-bond donors (Lipinski definition) is 1. The molecule has 0 fully saturated rings. The average molecular weight is 597 g/mol. The predicted octanol–water partition coefficient (Wildman–Crippen LogP) is 9.52. The van der Waals surface area contributed by atoms with Gasteiger partial charge in [0.15, 0.2) is 0 Å². The fraction of sp³-hybridized carbons (Fsp3) is 0.944. The number of nitrogens with zero attached hydrogens (tertiary/aromatic N) is 1. The van der Waals surface area contributed by atoms with E-state index in [0.29, 0.717) is 52.2 Å². The zero-order valence-corrected chi connectivity index (χ0v) is 28.3. The van der Waals surface area contributed by atoms with Crippen molar-refractivity contribution in [2.24, 2.45) is 5.73 Å². The smallest absolute Gasteiger partial charge is 0.307 e. The SMILES string of the molecule is CCCCCCCCCCCCCCOC(=O)CCN(CCN)CCC(=O)OCCCCCCCCCCCCCC. The van der Waals surface area contributed by atoms with Gasteiger partial charge in [-0.15, -0.1) is 0 Å². The maximum absolute atomic E-state index is 12.2. The van der Waals surface area contributed by atoms with Crippen molar-refractivity contribution in [2.75, 3.05) is 39.4 Å². The maximum Gasteiger partial charge on any atom is 0.307 e. The van der Waals surface area contributed by atoms with E-state index in [0.717, 1.165) is 25.7 Å². The minimum atomic E-state index is -0.158. The molecule has 0 radical (unpaired) electrons. The first-order valence-corrected chi connectivity index (χ1v) is 18.4. The van der Waals surface area contributed by atoms with Gasteiger partial charge in [-0.3, -0.25) is 9.59 Å². The largest absolute Gasteiger partial charge is 0.466 e. The molecule has 0 amide bonds. The lowest BCUT2D eigenvalue weighted by atomic mass is 10.1. The van der Waals surface area contributed by atoms with Crippen LogP contribution in [0.15, 0.2) is 0 Å². The Labute approximate surface area is 261 Å². The molecular formula is C36H72N2O4. The molecule has 0 aliphatic heterocycles. The van der Waals surface area contributed by atoms with Crippen LogP contribution in [0.5, 0.6) is 0 Å².